The number of nitrogen functional groups attached to an aromatic ring is 1. The Morgan fingerprint density at radius 2 is 1.24 bits per heavy atom. The first-order valence-corrected chi connectivity index (χ1v) is 10.4. The topological polar surface area (TPSA) is 55.0 Å². The molecular formula is C21H40N4. The number of unbranched alkanes of at least 4 members (excludes halogenated alkanes) is 11. The molecule has 1 aromatic heterocycles. The third-order valence-electron chi connectivity index (χ3n) is 4.91. The van der Waals surface area contributed by atoms with Gasteiger partial charge in [0.25, 0.3) is 0 Å². The second-order valence-corrected chi connectivity index (χ2v) is 7.51. The second kappa shape index (κ2) is 13.0. The van der Waals surface area contributed by atoms with E-state index in [0.717, 1.165) is 17.7 Å². The van der Waals surface area contributed by atoms with Crippen LogP contribution in [0.1, 0.15) is 95.2 Å². The number of anilines is 2. The molecule has 0 aliphatic heterocycles. The van der Waals surface area contributed by atoms with Crippen molar-refractivity contribution < 1.29 is 0 Å². The SMILES string of the molecule is CCCCCCCCCCCCCCc1c(C)nc(N(C)C)nc1N. The van der Waals surface area contributed by atoms with E-state index in [1.165, 1.54) is 77.0 Å². The summed E-state index contributed by atoms with van der Waals surface area (Å²) in [5, 5.41) is 0. The van der Waals surface area contributed by atoms with E-state index in [4.69, 9.17) is 5.73 Å². The molecule has 1 aromatic rings. The molecule has 144 valence electrons. The lowest BCUT2D eigenvalue weighted by Crippen LogP contribution is -2.16. The van der Waals surface area contributed by atoms with Crippen molar-refractivity contribution in [3.8, 4) is 0 Å². The summed E-state index contributed by atoms with van der Waals surface area (Å²) in [6, 6.07) is 0. The zero-order chi connectivity index (χ0) is 18.5. The first kappa shape index (κ1) is 21.7. The molecule has 1 heterocycles. The van der Waals surface area contributed by atoms with E-state index in [-0.39, 0.29) is 0 Å². The minimum absolute atomic E-state index is 0.652. The fraction of sp³-hybridized carbons (Fsp3) is 0.810. The smallest absolute Gasteiger partial charge is 0.227 e. The normalized spacial score (nSPS) is 11.0. The third-order valence-corrected chi connectivity index (χ3v) is 4.91. The molecule has 2 N–H and O–H groups in total. The highest BCUT2D eigenvalue weighted by molar-refractivity contribution is 5.47. The predicted octanol–water partition coefficient (Wildman–Crippen LogP) is 5.68. The van der Waals surface area contributed by atoms with Gasteiger partial charge in [0.1, 0.15) is 5.82 Å². The van der Waals surface area contributed by atoms with Crippen molar-refractivity contribution in [3.05, 3.63) is 11.3 Å². The van der Waals surface area contributed by atoms with Gasteiger partial charge in [-0.05, 0) is 19.8 Å². The monoisotopic (exact) mass is 348 g/mol. The molecule has 4 nitrogen and oxygen atoms in total. The average Bonchev–Trinajstić information content (AvgIpc) is 2.57. The van der Waals surface area contributed by atoms with Crippen LogP contribution in [0, 0.1) is 6.92 Å². The van der Waals surface area contributed by atoms with Gasteiger partial charge in [0.2, 0.25) is 5.95 Å². The van der Waals surface area contributed by atoms with Crippen molar-refractivity contribution in [1.82, 2.24) is 9.97 Å². The maximum absolute atomic E-state index is 6.12. The van der Waals surface area contributed by atoms with Crippen molar-refractivity contribution in [2.45, 2.75) is 97.3 Å². The van der Waals surface area contributed by atoms with E-state index < -0.39 is 0 Å². The largest absolute Gasteiger partial charge is 0.383 e. The number of hydrogen-bond donors (Lipinski definition) is 1. The lowest BCUT2D eigenvalue weighted by molar-refractivity contribution is 0.544. The van der Waals surface area contributed by atoms with Gasteiger partial charge in [-0.1, -0.05) is 77.6 Å². The van der Waals surface area contributed by atoms with Crippen molar-refractivity contribution in [2.75, 3.05) is 24.7 Å². The third kappa shape index (κ3) is 9.08. The molecule has 0 spiro atoms. The summed E-state index contributed by atoms with van der Waals surface area (Å²) in [5.41, 5.74) is 8.29. The number of hydrogen-bond acceptors (Lipinski definition) is 4. The Bertz CT molecular complexity index is 448. The standard InChI is InChI=1S/C21H40N4/c1-5-6-7-8-9-10-11-12-13-14-15-16-17-19-18(2)23-21(25(3)4)24-20(19)22/h5-17H2,1-4H3,(H2,22,23,24). The van der Waals surface area contributed by atoms with Crippen LogP contribution in [-0.4, -0.2) is 24.1 Å². The van der Waals surface area contributed by atoms with E-state index in [0.29, 0.717) is 11.8 Å². The number of nitrogens with two attached hydrogens (primary N) is 1. The Kier molecular flexibility index (Phi) is 11.3. The van der Waals surface area contributed by atoms with Crippen LogP contribution in [0.3, 0.4) is 0 Å². The molecule has 4 heteroatoms. The fourth-order valence-corrected chi connectivity index (χ4v) is 3.25. The quantitative estimate of drug-likeness (QED) is 0.440. The predicted molar refractivity (Wildman–Crippen MR) is 110 cm³/mol. The molecule has 0 saturated heterocycles. The van der Waals surface area contributed by atoms with Crippen LogP contribution in [0.25, 0.3) is 0 Å². The Morgan fingerprint density at radius 1 is 0.760 bits per heavy atom. The lowest BCUT2D eigenvalue weighted by atomic mass is 10.0. The molecule has 25 heavy (non-hydrogen) atoms. The summed E-state index contributed by atoms with van der Waals surface area (Å²) in [6.45, 7) is 4.32. The van der Waals surface area contributed by atoms with Crippen molar-refractivity contribution in [3.63, 3.8) is 0 Å². The minimum Gasteiger partial charge on any atom is -0.383 e. The van der Waals surface area contributed by atoms with E-state index in [1.807, 2.05) is 25.9 Å². The summed E-state index contributed by atoms with van der Waals surface area (Å²) < 4.78 is 0. The highest BCUT2D eigenvalue weighted by Crippen LogP contribution is 2.20. The first-order valence-electron chi connectivity index (χ1n) is 10.4. The van der Waals surface area contributed by atoms with Gasteiger partial charge < -0.3 is 10.6 Å². The molecule has 0 amide bonds. The molecule has 0 fully saturated rings. The Labute approximate surface area is 155 Å². The van der Waals surface area contributed by atoms with Gasteiger partial charge in [-0.2, -0.15) is 4.98 Å². The lowest BCUT2D eigenvalue weighted by Gasteiger charge is -2.14. The van der Waals surface area contributed by atoms with Crippen molar-refractivity contribution >= 4 is 11.8 Å². The van der Waals surface area contributed by atoms with Gasteiger partial charge in [0.15, 0.2) is 0 Å². The van der Waals surface area contributed by atoms with Gasteiger partial charge in [-0.25, -0.2) is 4.98 Å². The number of nitrogens with zero attached hydrogens (tertiary/aromatic N) is 3. The van der Waals surface area contributed by atoms with Gasteiger partial charge >= 0.3 is 0 Å². The van der Waals surface area contributed by atoms with Crippen LogP contribution in [0.15, 0.2) is 0 Å². The number of aromatic nitrogens is 2. The summed E-state index contributed by atoms with van der Waals surface area (Å²) in [6.07, 6.45) is 17.5. The Hall–Kier alpha value is -1.32. The molecule has 1 rings (SSSR count). The van der Waals surface area contributed by atoms with Gasteiger partial charge in [-0.15, -0.1) is 0 Å². The molecule has 0 aliphatic rings. The molecule has 0 saturated carbocycles. The summed E-state index contributed by atoms with van der Waals surface area (Å²) in [5.74, 6) is 1.35. The Morgan fingerprint density at radius 3 is 1.68 bits per heavy atom. The number of aryl methyl sites for hydroxylation is 1. The number of rotatable bonds is 14. The average molecular weight is 349 g/mol. The Balaban J connectivity index is 2.08. The summed E-state index contributed by atoms with van der Waals surface area (Å²) in [7, 11) is 3.89. The fourth-order valence-electron chi connectivity index (χ4n) is 3.25. The molecule has 0 aromatic carbocycles. The van der Waals surface area contributed by atoms with E-state index in [1.54, 1.807) is 0 Å². The molecule has 0 aliphatic carbocycles. The summed E-state index contributed by atoms with van der Waals surface area (Å²) in [4.78, 5) is 10.8. The molecule has 0 atom stereocenters. The molecular weight excluding hydrogens is 308 g/mol. The highest BCUT2D eigenvalue weighted by Gasteiger charge is 2.10. The second-order valence-electron chi connectivity index (χ2n) is 7.51. The van der Waals surface area contributed by atoms with Crippen molar-refractivity contribution in [2.24, 2.45) is 0 Å². The molecule has 0 bridgehead atoms. The zero-order valence-corrected chi connectivity index (χ0v) is 17.1. The maximum atomic E-state index is 6.12. The van der Waals surface area contributed by atoms with E-state index in [9.17, 15) is 0 Å². The highest BCUT2D eigenvalue weighted by atomic mass is 15.2. The van der Waals surface area contributed by atoms with Crippen LogP contribution < -0.4 is 10.6 Å². The zero-order valence-electron chi connectivity index (χ0n) is 17.1. The van der Waals surface area contributed by atoms with Crippen LogP contribution in [0.5, 0.6) is 0 Å². The molecule has 0 radical (unpaired) electrons. The van der Waals surface area contributed by atoms with Crippen LogP contribution in [-0.2, 0) is 6.42 Å². The van der Waals surface area contributed by atoms with Crippen LogP contribution in [0.2, 0.25) is 0 Å². The molecule has 0 unspecified atom stereocenters. The minimum atomic E-state index is 0.652. The van der Waals surface area contributed by atoms with Gasteiger partial charge in [0.05, 0.1) is 0 Å². The first-order chi connectivity index (χ1) is 12.1. The van der Waals surface area contributed by atoms with E-state index >= 15 is 0 Å². The van der Waals surface area contributed by atoms with Crippen LogP contribution >= 0.6 is 0 Å². The van der Waals surface area contributed by atoms with Crippen molar-refractivity contribution in [1.29, 1.82) is 0 Å². The maximum Gasteiger partial charge on any atom is 0.227 e. The van der Waals surface area contributed by atoms with Gasteiger partial charge in [0, 0.05) is 25.4 Å². The summed E-state index contributed by atoms with van der Waals surface area (Å²) >= 11 is 0. The van der Waals surface area contributed by atoms with E-state index in [2.05, 4.69) is 16.9 Å². The van der Waals surface area contributed by atoms with Crippen LogP contribution in [0.4, 0.5) is 11.8 Å². The van der Waals surface area contributed by atoms with Gasteiger partial charge in [-0.3, -0.25) is 0 Å².